The molecule has 0 saturated carbocycles. The van der Waals surface area contributed by atoms with Gasteiger partial charge in [-0.1, -0.05) is 26.0 Å². The van der Waals surface area contributed by atoms with Crippen LogP contribution in [-0.4, -0.2) is 110 Å². The molecule has 0 aliphatic carbocycles. The van der Waals surface area contributed by atoms with Crippen LogP contribution in [0.2, 0.25) is 0 Å². The predicted molar refractivity (Wildman–Crippen MR) is 117 cm³/mol. The number of morpholine rings is 2. The highest BCUT2D eigenvalue weighted by Gasteiger charge is 2.28. The number of nitrogens with zero attached hydrogens (tertiary/aromatic N) is 3. The van der Waals surface area contributed by atoms with Crippen molar-refractivity contribution in [3.8, 4) is 0 Å². The van der Waals surface area contributed by atoms with Gasteiger partial charge in [-0.05, 0) is 18.1 Å². The Bertz CT molecular complexity index is 699. The lowest BCUT2D eigenvalue weighted by Crippen LogP contribution is -2.52. The zero-order valence-electron chi connectivity index (χ0n) is 18.7. The average molecular weight is 438 g/mol. The van der Waals surface area contributed by atoms with Crippen LogP contribution in [0.1, 0.15) is 24.2 Å². The highest BCUT2D eigenvalue weighted by molar-refractivity contribution is 5.94. The Morgan fingerprint density at radius 3 is 2.61 bits per heavy atom. The molecule has 7 nitrogen and oxygen atoms in total. The van der Waals surface area contributed by atoms with Gasteiger partial charge in [0.15, 0.2) is 0 Å². The van der Waals surface area contributed by atoms with E-state index in [0.717, 1.165) is 19.6 Å². The Morgan fingerprint density at radius 1 is 1.19 bits per heavy atom. The summed E-state index contributed by atoms with van der Waals surface area (Å²) >= 11 is 0. The van der Waals surface area contributed by atoms with Crippen LogP contribution in [0.4, 0.5) is 4.39 Å². The molecule has 2 aliphatic heterocycles. The number of rotatable bonds is 9. The van der Waals surface area contributed by atoms with Gasteiger partial charge in [0.2, 0.25) is 0 Å². The van der Waals surface area contributed by atoms with E-state index in [9.17, 15) is 14.3 Å². The van der Waals surface area contributed by atoms with Crippen molar-refractivity contribution in [2.45, 2.75) is 26.1 Å². The van der Waals surface area contributed by atoms with Gasteiger partial charge >= 0.3 is 0 Å². The van der Waals surface area contributed by atoms with E-state index < -0.39 is 11.9 Å². The fraction of sp³-hybridized carbons (Fsp3) is 0.696. The van der Waals surface area contributed by atoms with Crippen molar-refractivity contribution in [2.24, 2.45) is 5.92 Å². The molecule has 2 aliphatic rings. The summed E-state index contributed by atoms with van der Waals surface area (Å²) in [6.07, 6.45) is -0.565. The normalized spacial score (nSPS) is 21.9. The number of halogens is 1. The van der Waals surface area contributed by atoms with Gasteiger partial charge in [0.25, 0.3) is 5.91 Å². The molecule has 1 aromatic rings. The summed E-state index contributed by atoms with van der Waals surface area (Å²) in [5, 5.41) is 10.2. The zero-order valence-corrected chi connectivity index (χ0v) is 18.7. The van der Waals surface area contributed by atoms with E-state index in [1.165, 1.54) is 12.1 Å². The minimum Gasteiger partial charge on any atom is -0.392 e. The molecular weight excluding hydrogens is 401 g/mol. The summed E-state index contributed by atoms with van der Waals surface area (Å²) in [5.74, 6) is -0.627. The van der Waals surface area contributed by atoms with E-state index in [1.54, 1.807) is 17.0 Å². The second kappa shape index (κ2) is 11.9. The first-order valence-electron chi connectivity index (χ1n) is 11.3. The maximum atomic E-state index is 14.3. The van der Waals surface area contributed by atoms with Crippen molar-refractivity contribution in [1.82, 2.24) is 14.7 Å². The molecule has 2 unspecified atom stereocenters. The van der Waals surface area contributed by atoms with Crippen molar-refractivity contribution in [2.75, 3.05) is 72.2 Å². The van der Waals surface area contributed by atoms with E-state index in [2.05, 4.69) is 9.80 Å². The van der Waals surface area contributed by atoms with Crippen molar-refractivity contribution in [3.05, 3.63) is 35.6 Å². The number of aliphatic hydroxyl groups excluding tert-OH is 1. The molecule has 2 atom stereocenters. The van der Waals surface area contributed by atoms with Gasteiger partial charge in [0.05, 0.1) is 37.6 Å². The number of hydrogen-bond acceptors (Lipinski definition) is 6. The summed E-state index contributed by atoms with van der Waals surface area (Å²) in [6, 6.07) is 6.13. The van der Waals surface area contributed by atoms with Gasteiger partial charge in [0, 0.05) is 52.4 Å². The lowest BCUT2D eigenvalue weighted by Gasteiger charge is -2.37. The second-order valence-electron chi connectivity index (χ2n) is 8.75. The van der Waals surface area contributed by atoms with Crippen LogP contribution < -0.4 is 0 Å². The minimum absolute atomic E-state index is 0.0902. The van der Waals surface area contributed by atoms with Crippen LogP contribution in [-0.2, 0) is 9.47 Å². The van der Waals surface area contributed by atoms with Crippen LogP contribution in [0.5, 0.6) is 0 Å². The number of ether oxygens (including phenoxy) is 2. The van der Waals surface area contributed by atoms with E-state index in [1.807, 2.05) is 13.8 Å². The first kappa shape index (κ1) is 24.1. The Balaban J connectivity index is 1.65. The number of carbonyl (C=O) groups excluding carboxylic acids is 1. The van der Waals surface area contributed by atoms with Gasteiger partial charge in [-0.15, -0.1) is 0 Å². The fourth-order valence-electron chi connectivity index (χ4n) is 3.95. The van der Waals surface area contributed by atoms with Crippen LogP contribution in [0.25, 0.3) is 0 Å². The highest BCUT2D eigenvalue weighted by Crippen LogP contribution is 2.15. The molecule has 8 heteroatoms. The molecule has 0 bridgehead atoms. The quantitative estimate of drug-likeness (QED) is 0.629. The van der Waals surface area contributed by atoms with Crippen LogP contribution in [0, 0.1) is 11.7 Å². The maximum absolute atomic E-state index is 14.3. The Labute approximate surface area is 184 Å². The molecule has 3 rings (SSSR count). The number of carbonyl (C=O) groups is 1. The second-order valence-corrected chi connectivity index (χ2v) is 8.75. The third-order valence-electron chi connectivity index (χ3n) is 6.04. The monoisotopic (exact) mass is 437 g/mol. The predicted octanol–water partition coefficient (Wildman–Crippen LogP) is 1.32. The van der Waals surface area contributed by atoms with Crippen LogP contribution >= 0.6 is 0 Å². The van der Waals surface area contributed by atoms with E-state index in [4.69, 9.17) is 9.47 Å². The Morgan fingerprint density at radius 2 is 1.90 bits per heavy atom. The lowest BCUT2D eigenvalue weighted by molar-refractivity contribution is -0.0550. The van der Waals surface area contributed by atoms with Gasteiger partial charge in [-0.2, -0.15) is 0 Å². The zero-order chi connectivity index (χ0) is 22.2. The van der Waals surface area contributed by atoms with Crippen molar-refractivity contribution >= 4 is 5.91 Å². The molecule has 1 N–H and O–H groups in total. The van der Waals surface area contributed by atoms with Crippen molar-refractivity contribution < 1.29 is 23.8 Å². The Hall–Kier alpha value is -1.58. The fourth-order valence-corrected chi connectivity index (χ4v) is 3.95. The molecular formula is C23H36FN3O4. The van der Waals surface area contributed by atoms with Gasteiger partial charge < -0.3 is 19.5 Å². The third kappa shape index (κ3) is 7.22. The summed E-state index contributed by atoms with van der Waals surface area (Å²) in [6.45, 7) is 11.2. The van der Waals surface area contributed by atoms with E-state index in [0.29, 0.717) is 52.5 Å². The molecule has 2 fully saturated rings. The molecule has 31 heavy (non-hydrogen) atoms. The summed E-state index contributed by atoms with van der Waals surface area (Å²) < 4.78 is 25.7. The summed E-state index contributed by atoms with van der Waals surface area (Å²) in [4.78, 5) is 19.4. The van der Waals surface area contributed by atoms with Gasteiger partial charge in [-0.3, -0.25) is 14.6 Å². The first-order valence-corrected chi connectivity index (χ1v) is 11.3. The van der Waals surface area contributed by atoms with E-state index in [-0.39, 0.29) is 23.5 Å². The number of benzene rings is 1. The standard InChI is InChI=1S/C23H36FN3O4/c1-18(2)22(28)17-26-11-14-31-19(15-26)16-27(8-7-25-9-12-30-13-10-25)23(29)20-5-3-4-6-21(20)24/h3-6,18-19,22,28H,7-17H2,1-2H3. The third-order valence-corrected chi connectivity index (χ3v) is 6.04. The lowest BCUT2D eigenvalue weighted by atomic mass is 10.1. The van der Waals surface area contributed by atoms with Crippen LogP contribution in [0.15, 0.2) is 24.3 Å². The molecule has 0 spiro atoms. The molecule has 1 amide bonds. The average Bonchev–Trinajstić information content (AvgIpc) is 2.77. The number of amides is 1. The Kier molecular flexibility index (Phi) is 9.22. The number of β-amino-alcohol motifs (C(OH)–C–C–N with tert-alkyl or cyclic N) is 1. The van der Waals surface area contributed by atoms with Crippen molar-refractivity contribution in [3.63, 3.8) is 0 Å². The molecule has 2 heterocycles. The molecule has 174 valence electrons. The maximum Gasteiger partial charge on any atom is 0.256 e. The first-order chi connectivity index (χ1) is 14.9. The van der Waals surface area contributed by atoms with Crippen molar-refractivity contribution in [1.29, 1.82) is 0 Å². The summed E-state index contributed by atoms with van der Waals surface area (Å²) in [5.41, 5.74) is 0.0902. The largest absolute Gasteiger partial charge is 0.392 e. The van der Waals surface area contributed by atoms with Crippen LogP contribution in [0.3, 0.4) is 0 Å². The van der Waals surface area contributed by atoms with Gasteiger partial charge in [0.1, 0.15) is 5.82 Å². The minimum atomic E-state index is -0.505. The highest BCUT2D eigenvalue weighted by atomic mass is 19.1. The van der Waals surface area contributed by atoms with Gasteiger partial charge in [-0.25, -0.2) is 4.39 Å². The smallest absolute Gasteiger partial charge is 0.256 e. The molecule has 0 aromatic heterocycles. The van der Waals surface area contributed by atoms with E-state index >= 15 is 0 Å². The SMILES string of the molecule is CC(C)C(O)CN1CCOC(CN(CCN2CCOCC2)C(=O)c2ccccc2F)C1. The molecule has 1 aromatic carbocycles. The number of aliphatic hydroxyl groups is 1. The molecule has 2 saturated heterocycles. The number of hydrogen-bond donors (Lipinski definition) is 1. The topological polar surface area (TPSA) is 65.5 Å². The summed E-state index contributed by atoms with van der Waals surface area (Å²) in [7, 11) is 0. The molecule has 0 radical (unpaired) electrons.